The fourth-order valence-electron chi connectivity index (χ4n) is 2.42. The summed E-state index contributed by atoms with van der Waals surface area (Å²) in [6.45, 7) is 2.95. The van der Waals surface area contributed by atoms with Gasteiger partial charge in [-0.3, -0.25) is 4.90 Å². The van der Waals surface area contributed by atoms with E-state index in [0.717, 1.165) is 49.5 Å². The van der Waals surface area contributed by atoms with Crippen LogP contribution in [0.1, 0.15) is 18.4 Å². The molecular weight excluding hydrogens is 228 g/mol. The van der Waals surface area contributed by atoms with Crippen molar-refractivity contribution in [1.29, 1.82) is 0 Å². The molecule has 1 aromatic carbocycles. The molecule has 1 aliphatic rings. The van der Waals surface area contributed by atoms with Crippen LogP contribution in [0.2, 0.25) is 0 Å². The lowest BCUT2D eigenvalue weighted by Gasteiger charge is -2.30. The zero-order valence-electron chi connectivity index (χ0n) is 11.2. The SMILES string of the molecule is COc1cccc(OC)c1CN1CCC(N)CC1. The second-order valence-corrected chi connectivity index (χ2v) is 4.75. The van der Waals surface area contributed by atoms with Gasteiger partial charge in [0.25, 0.3) is 0 Å². The van der Waals surface area contributed by atoms with Gasteiger partial charge in [0.2, 0.25) is 0 Å². The first-order chi connectivity index (χ1) is 8.74. The number of hydrogen-bond acceptors (Lipinski definition) is 4. The van der Waals surface area contributed by atoms with E-state index in [4.69, 9.17) is 15.2 Å². The van der Waals surface area contributed by atoms with Gasteiger partial charge in [0.1, 0.15) is 11.5 Å². The van der Waals surface area contributed by atoms with E-state index in [2.05, 4.69) is 4.90 Å². The summed E-state index contributed by atoms with van der Waals surface area (Å²) in [5.74, 6) is 1.79. The molecule has 0 spiro atoms. The molecule has 0 atom stereocenters. The van der Waals surface area contributed by atoms with Crippen LogP contribution >= 0.6 is 0 Å². The van der Waals surface area contributed by atoms with Gasteiger partial charge in [-0.05, 0) is 38.1 Å². The number of methoxy groups -OCH3 is 2. The second kappa shape index (κ2) is 6.07. The van der Waals surface area contributed by atoms with Crippen molar-refractivity contribution in [2.75, 3.05) is 27.3 Å². The van der Waals surface area contributed by atoms with Crippen LogP contribution in [0.15, 0.2) is 18.2 Å². The van der Waals surface area contributed by atoms with Crippen LogP contribution in [0.25, 0.3) is 0 Å². The van der Waals surface area contributed by atoms with E-state index in [1.54, 1.807) is 14.2 Å². The van der Waals surface area contributed by atoms with Gasteiger partial charge in [-0.15, -0.1) is 0 Å². The summed E-state index contributed by atoms with van der Waals surface area (Å²) in [5.41, 5.74) is 7.05. The van der Waals surface area contributed by atoms with Crippen LogP contribution in [0.4, 0.5) is 0 Å². The molecule has 4 nitrogen and oxygen atoms in total. The molecule has 2 rings (SSSR count). The Morgan fingerprint density at radius 1 is 1.17 bits per heavy atom. The second-order valence-electron chi connectivity index (χ2n) is 4.75. The molecule has 1 heterocycles. The molecule has 0 bridgehead atoms. The molecule has 0 unspecified atom stereocenters. The predicted octanol–water partition coefficient (Wildman–Crippen LogP) is 1.63. The first-order valence-electron chi connectivity index (χ1n) is 6.42. The van der Waals surface area contributed by atoms with E-state index >= 15 is 0 Å². The van der Waals surface area contributed by atoms with Crippen LogP contribution in [0.3, 0.4) is 0 Å². The van der Waals surface area contributed by atoms with Gasteiger partial charge in [-0.1, -0.05) is 6.07 Å². The standard InChI is InChI=1S/C14H22N2O2/c1-17-13-4-3-5-14(18-2)12(13)10-16-8-6-11(15)7-9-16/h3-5,11H,6-10,15H2,1-2H3. The van der Waals surface area contributed by atoms with Gasteiger partial charge < -0.3 is 15.2 Å². The Bertz CT molecular complexity index is 365. The van der Waals surface area contributed by atoms with E-state index < -0.39 is 0 Å². The molecule has 0 aromatic heterocycles. The number of rotatable bonds is 4. The minimum Gasteiger partial charge on any atom is -0.496 e. The Balaban J connectivity index is 2.12. The molecule has 18 heavy (non-hydrogen) atoms. The zero-order chi connectivity index (χ0) is 13.0. The summed E-state index contributed by atoms with van der Waals surface area (Å²) in [6.07, 6.45) is 2.13. The molecule has 1 aliphatic heterocycles. The number of nitrogens with two attached hydrogens (primary N) is 1. The molecule has 0 saturated carbocycles. The van der Waals surface area contributed by atoms with E-state index in [0.29, 0.717) is 6.04 Å². The lowest BCUT2D eigenvalue weighted by atomic mass is 10.0. The van der Waals surface area contributed by atoms with E-state index in [1.165, 1.54) is 0 Å². The highest BCUT2D eigenvalue weighted by Gasteiger charge is 2.19. The summed E-state index contributed by atoms with van der Waals surface area (Å²) in [6, 6.07) is 6.27. The van der Waals surface area contributed by atoms with E-state index in [1.807, 2.05) is 18.2 Å². The highest BCUT2D eigenvalue weighted by molar-refractivity contribution is 5.44. The van der Waals surface area contributed by atoms with Gasteiger partial charge in [-0.2, -0.15) is 0 Å². The van der Waals surface area contributed by atoms with Gasteiger partial charge in [-0.25, -0.2) is 0 Å². The van der Waals surface area contributed by atoms with Crippen LogP contribution in [-0.2, 0) is 6.54 Å². The number of piperidine rings is 1. The minimum absolute atomic E-state index is 0.362. The lowest BCUT2D eigenvalue weighted by molar-refractivity contribution is 0.201. The summed E-state index contributed by atoms with van der Waals surface area (Å²) in [4.78, 5) is 2.41. The minimum atomic E-state index is 0.362. The van der Waals surface area contributed by atoms with Crippen molar-refractivity contribution in [1.82, 2.24) is 4.90 Å². The smallest absolute Gasteiger partial charge is 0.127 e. The average Bonchev–Trinajstić information content (AvgIpc) is 2.41. The lowest BCUT2D eigenvalue weighted by Crippen LogP contribution is -2.39. The van der Waals surface area contributed by atoms with E-state index in [-0.39, 0.29) is 0 Å². The highest BCUT2D eigenvalue weighted by atomic mass is 16.5. The number of benzene rings is 1. The Morgan fingerprint density at radius 3 is 2.22 bits per heavy atom. The Morgan fingerprint density at radius 2 is 1.72 bits per heavy atom. The predicted molar refractivity (Wildman–Crippen MR) is 72.0 cm³/mol. The van der Waals surface area contributed by atoms with Crippen LogP contribution in [0.5, 0.6) is 11.5 Å². The summed E-state index contributed by atoms with van der Waals surface area (Å²) >= 11 is 0. The molecule has 1 saturated heterocycles. The Hall–Kier alpha value is -1.26. The van der Waals surface area contributed by atoms with Crippen molar-refractivity contribution in [3.8, 4) is 11.5 Å². The first-order valence-corrected chi connectivity index (χ1v) is 6.42. The van der Waals surface area contributed by atoms with Gasteiger partial charge in [0, 0.05) is 12.6 Å². The maximum absolute atomic E-state index is 5.93. The molecular formula is C14H22N2O2. The summed E-state index contributed by atoms with van der Waals surface area (Å²) < 4.78 is 10.8. The third-order valence-electron chi connectivity index (χ3n) is 3.54. The van der Waals surface area contributed by atoms with Crippen LogP contribution < -0.4 is 15.2 Å². The van der Waals surface area contributed by atoms with Crippen molar-refractivity contribution >= 4 is 0 Å². The topological polar surface area (TPSA) is 47.7 Å². The van der Waals surface area contributed by atoms with Crippen molar-refractivity contribution in [2.24, 2.45) is 5.73 Å². The molecule has 0 radical (unpaired) electrons. The normalized spacial score (nSPS) is 17.7. The largest absolute Gasteiger partial charge is 0.496 e. The maximum atomic E-state index is 5.93. The first kappa shape index (κ1) is 13.2. The third kappa shape index (κ3) is 2.94. The van der Waals surface area contributed by atoms with Crippen molar-refractivity contribution in [3.05, 3.63) is 23.8 Å². The summed E-state index contributed by atoms with van der Waals surface area (Å²) in [5, 5.41) is 0. The van der Waals surface area contributed by atoms with Crippen molar-refractivity contribution in [2.45, 2.75) is 25.4 Å². The number of ether oxygens (including phenoxy) is 2. The highest BCUT2D eigenvalue weighted by Crippen LogP contribution is 2.30. The van der Waals surface area contributed by atoms with Crippen LogP contribution in [-0.4, -0.2) is 38.3 Å². The van der Waals surface area contributed by atoms with E-state index in [9.17, 15) is 0 Å². The summed E-state index contributed by atoms with van der Waals surface area (Å²) in [7, 11) is 3.40. The average molecular weight is 250 g/mol. The van der Waals surface area contributed by atoms with Gasteiger partial charge in [0.15, 0.2) is 0 Å². The number of nitrogens with zero attached hydrogens (tertiary/aromatic N) is 1. The molecule has 1 aromatic rings. The quantitative estimate of drug-likeness (QED) is 0.882. The van der Waals surface area contributed by atoms with Crippen molar-refractivity contribution in [3.63, 3.8) is 0 Å². The molecule has 0 aliphatic carbocycles. The Kier molecular flexibility index (Phi) is 4.44. The maximum Gasteiger partial charge on any atom is 0.127 e. The molecule has 2 N–H and O–H groups in total. The Labute approximate surface area is 109 Å². The molecule has 1 fully saturated rings. The third-order valence-corrected chi connectivity index (χ3v) is 3.54. The molecule has 4 heteroatoms. The number of hydrogen-bond donors (Lipinski definition) is 1. The monoisotopic (exact) mass is 250 g/mol. The zero-order valence-corrected chi connectivity index (χ0v) is 11.2. The fourth-order valence-corrected chi connectivity index (χ4v) is 2.42. The molecule has 100 valence electrons. The number of likely N-dealkylation sites (tertiary alicyclic amines) is 1. The van der Waals surface area contributed by atoms with Crippen LogP contribution in [0, 0.1) is 0 Å². The van der Waals surface area contributed by atoms with Gasteiger partial charge in [0.05, 0.1) is 19.8 Å². The fraction of sp³-hybridized carbons (Fsp3) is 0.571. The van der Waals surface area contributed by atoms with Crippen molar-refractivity contribution < 1.29 is 9.47 Å². The van der Waals surface area contributed by atoms with Gasteiger partial charge >= 0.3 is 0 Å². The molecule has 0 amide bonds.